The summed E-state index contributed by atoms with van der Waals surface area (Å²) < 4.78 is 53.5. The topological polar surface area (TPSA) is 73.4 Å². The average molecular weight is 609 g/mol. The Labute approximate surface area is 254 Å². The van der Waals surface area contributed by atoms with Gasteiger partial charge in [0.15, 0.2) is 0 Å². The minimum atomic E-state index is -4.48. The van der Waals surface area contributed by atoms with Crippen molar-refractivity contribution >= 4 is 34.3 Å². The van der Waals surface area contributed by atoms with Crippen LogP contribution in [-0.4, -0.2) is 47.0 Å². The maximum absolute atomic E-state index is 13.5. The zero-order valence-electron chi connectivity index (χ0n) is 24.8. The summed E-state index contributed by atoms with van der Waals surface area (Å²) in [5, 5.41) is 6.51. The molecule has 0 unspecified atom stereocenters. The zero-order chi connectivity index (χ0) is 31.3. The molecule has 1 saturated heterocycles. The van der Waals surface area contributed by atoms with Crippen molar-refractivity contribution in [3.05, 3.63) is 89.2 Å². The number of alkyl halides is 3. The number of benzene rings is 3. The van der Waals surface area contributed by atoms with Crippen LogP contribution in [0.3, 0.4) is 0 Å². The molecule has 44 heavy (non-hydrogen) atoms. The lowest BCUT2D eigenvalue weighted by Crippen LogP contribution is -2.37. The van der Waals surface area contributed by atoms with E-state index in [2.05, 4.69) is 25.5 Å². The Hall–Kier alpha value is -4.25. The Morgan fingerprint density at radius 3 is 2.23 bits per heavy atom. The van der Waals surface area contributed by atoms with Crippen molar-refractivity contribution in [2.45, 2.75) is 46.0 Å². The number of hydrogen-bond donors (Lipinski definition) is 2. The summed E-state index contributed by atoms with van der Waals surface area (Å²) >= 11 is 0. The van der Waals surface area contributed by atoms with Crippen LogP contribution < -0.4 is 15.5 Å². The summed E-state index contributed by atoms with van der Waals surface area (Å²) in [4.78, 5) is 26.2. The van der Waals surface area contributed by atoms with Crippen LogP contribution >= 0.6 is 0 Å². The molecule has 5 rings (SSSR count). The molecule has 0 saturated carbocycles. The molecule has 2 N–H and O–H groups in total. The lowest BCUT2D eigenvalue weighted by molar-refractivity contribution is -0.137. The van der Waals surface area contributed by atoms with Gasteiger partial charge in [-0.05, 0) is 93.4 Å². The molecule has 3 aromatic carbocycles. The van der Waals surface area contributed by atoms with Gasteiger partial charge in [-0.2, -0.15) is 18.2 Å². The molecule has 232 valence electrons. The van der Waals surface area contributed by atoms with Gasteiger partial charge in [0.25, 0.3) is 0 Å². The number of amides is 1. The second kappa shape index (κ2) is 13.6. The number of halogens is 4. The second-order valence-corrected chi connectivity index (χ2v) is 11.0. The number of nitrogens with one attached hydrogen (secondary N) is 2. The third-order valence-electron chi connectivity index (χ3n) is 8.02. The van der Waals surface area contributed by atoms with Crippen LogP contribution in [0.15, 0.2) is 66.7 Å². The average Bonchev–Trinajstić information content (AvgIpc) is 3.02. The molecule has 1 aliphatic heterocycles. The first-order valence-electron chi connectivity index (χ1n) is 14.9. The summed E-state index contributed by atoms with van der Waals surface area (Å²) in [6, 6.07) is 17.4. The Morgan fingerprint density at radius 2 is 1.59 bits per heavy atom. The third kappa shape index (κ3) is 7.63. The quantitative estimate of drug-likeness (QED) is 0.187. The van der Waals surface area contributed by atoms with Crippen LogP contribution in [0.2, 0.25) is 0 Å². The van der Waals surface area contributed by atoms with E-state index in [1.54, 1.807) is 12.1 Å². The molecule has 11 heteroatoms. The number of carbonyl (C=O) groups is 1. The molecule has 0 aliphatic carbocycles. The van der Waals surface area contributed by atoms with Crippen LogP contribution in [0, 0.1) is 11.7 Å². The third-order valence-corrected chi connectivity index (χ3v) is 8.02. The highest BCUT2D eigenvalue weighted by atomic mass is 19.4. The van der Waals surface area contributed by atoms with E-state index in [4.69, 9.17) is 0 Å². The van der Waals surface area contributed by atoms with Crippen molar-refractivity contribution in [2.75, 3.05) is 41.7 Å². The largest absolute Gasteiger partial charge is 0.416 e. The van der Waals surface area contributed by atoms with E-state index in [9.17, 15) is 22.4 Å². The van der Waals surface area contributed by atoms with Gasteiger partial charge >= 0.3 is 6.18 Å². The minimum Gasteiger partial charge on any atom is -0.365 e. The van der Waals surface area contributed by atoms with Gasteiger partial charge in [-0.15, -0.1) is 0 Å². The van der Waals surface area contributed by atoms with Gasteiger partial charge in [0, 0.05) is 43.2 Å². The minimum absolute atomic E-state index is 0.0193. The Kier molecular flexibility index (Phi) is 9.63. The maximum atomic E-state index is 13.5. The fraction of sp³-hybridized carbons (Fsp3) is 0.364. The monoisotopic (exact) mass is 608 g/mol. The first-order chi connectivity index (χ1) is 21.1. The highest BCUT2D eigenvalue weighted by Gasteiger charge is 2.31. The van der Waals surface area contributed by atoms with E-state index in [0.29, 0.717) is 48.0 Å². The molecule has 7 nitrogen and oxygen atoms in total. The number of carbonyl (C=O) groups excluding carboxylic acids is 1. The molecule has 1 fully saturated rings. The maximum Gasteiger partial charge on any atom is 0.416 e. The Bertz CT molecular complexity index is 1560. The van der Waals surface area contributed by atoms with Crippen molar-refractivity contribution < 1.29 is 22.4 Å². The van der Waals surface area contributed by atoms with Gasteiger partial charge in [-0.1, -0.05) is 24.3 Å². The number of rotatable bonds is 10. The molecule has 0 spiro atoms. The SMILES string of the molecule is CCN(CC)c1nc(NCc2ccc(NC(=O)C3CCN(Cc4ccc(F)cc4)CC3)cc2)c2cc(C(F)(F)F)ccc2n1. The first kappa shape index (κ1) is 31.2. The fourth-order valence-corrected chi connectivity index (χ4v) is 5.41. The van der Waals surface area contributed by atoms with Crippen molar-refractivity contribution in [1.29, 1.82) is 0 Å². The number of fused-ring (bicyclic) bond motifs is 1. The van der Waals surface area contributed by atoms with Gasteiger partial charge < -0.3 is 15.5 Å². The van der Waals surface area contributed by atoms with Crippen molar-refractivity contribution in [2.24, 2.45) is 5.92 Å². The van der Waals surface area contributed by atoms with Gasteiger partial charge in [-0.25, -0.2) is 9.37 Å². The summed E-state index contributed by atoms with van der Waals surface area (Å²) in [5.74, 6) is 0.415. The second-order valence-electron chi connectivity index (χ2n) is 11.0. The summed E-state index contributed by atoms with van der Waals surface area (Å²) in [6.45, 7) is 7.88. The molecular formula is C33H36F4N6O. The van der Waals surface area contributed by atoms with Crippen LogP contribution in [0.25, 0.3) is 10.9 Å². The predicted octanol–water partition coefficient (Wildman–Crippen LogP) is 7.10. The van der Waals surface area contributed by atoms with Gasteiger partial charge in [-0.3, -0.25) is 9.69 Å². The van der Waals surface area contributed by atoms with E-state index in [0.717, 1.165) is 55.7 Å². The molecule has 0 bridgehead atoms. The van der Waals surface area contributed by atoms with Crippen molar-refractivity contribution in [1.82, 2.24) is 14.9 Å². The normalized spacial score (nSPS) is 14.5. The Morgan fingerprint density at radius 1 is 0.932 bits per heavy atom. The highest BCUT2D eigenvalue weighted by Crippen LogP contribution is 2.34. The molecule has 1 aromatic heterocycles. The molecule has 4 aromatic rings. The lowest BCUT2D eigenvalue weighted by atomic mass is 9.95. The molecule has 0 atom stereocenters. The summed E-state index contributed by atoms with van der Waals surface area (Å²) in [5.41, 5.74) is 2.27. The summed E-state index contributed by atoms with van der Waals surface area (Å²) in [7, 11) is 0. The van der Waals surface area contributed by atoms with Crippen LogP contribution in [0.4, 0.5) is 35.0 Å². The van der Waals surface area contributed by atoms with E-state index in [-0.39, 0.29) is 17.6 Å². The Balaban J connectivity index is 1.20. The molecule has 1 aliphatic rings. The van der Waals surface area contributed by atoms with E-state index in [1.807, 2.05) is 43.0 Å². The number of piperidine rings is 1. The number of hydrogen-bond acceptors (Lipinski definition) is 6. The van der Waals surface area contributed by atoms with Crippen LogP contribution in [-0.2, 0) is 24.1 Å². The van der Waals surface area contributed by atoms with E-state index in [1.165, 1.54) is 18.2 Å². The molecule has 0 radical (unpaired) electrons. The number of nitrogens with zero attached hydrogens (tertiary/aromatic N) is 4. The zero-order valence-corrected chi connectivity index (χ0v) is 24.8. The lowest BCUT2D eigenvalue weighted by Gasteiger charge is -2.31. The first-order valence-corrected chi connectivity index (χ1v) is 14.9. The fourth-order valence-electron chi connectivity index (χ4n) is 5.41. The number of likely N-dealkylation sites (tertiary alicyclic amines) is 1. The van der Waals surface area contributed by atoms with Crippen molar-refractivity contribution in [3.8, 4) is 0 Å². The van der Waals surface area contributed by atoms with Crippen LogP contribution in [0.1, 0.15) is 43.4 Å². The number of aromatic nitrogens is 2. The van der Waals surface area contributed by atoms with Crippen LogP contribution in [0.5, 0.6) is 0 Å². The number of anilines is 3. The van der Waals surface area contributed by atoms with Gasteiger partial charge in [0.1, 0.15) is 11.6 Å². The molecule has 2 heterocycles. The molecule has 1 amide bonds. The van der Waals surface area contributed by atoms with Gasteiger partial charge in [0.2, 0.25) is 11.9 Å². The molecular weight excluding hydrogens is 572 g/mol. The van der Waals surface area contributed by atoms with Crippen molar-refractivity contribution in [3.63, 3.8) is 0 Å². The summed E-state index contributed by atoms with van der Waals surface area (Å²) in [6.07, 6.45) is -2.99. The predicted molar refractivity (Wildman–Crippen MR) is 165 cm³/mol. The highest BCUT2D eigenvalue weighted by molar-refractivity contribution is 5.93. The van der Waals surface area contributed by atoms with E-state index >= 15 is 0 Å². The smallest absolute Gasteiger partial charge is 0.365 e. The standard InChI is InChI=1S/C33H36F4N6O/c1-3-43(4-2)32-40-29-14-9-25(33(35,36)37)19-28(29)30(41-32)38-20-22-7-12-27(13-8-22)39-31(44)24-15-17-42(18-16-24)21-23-5-10-26(34)11-6-23/h5-14,19,24H,3-4,15-18,20-21H2,1-2H3,(H,39,44)(H,38,40,41). The van der Waals surface area contributed by atoms with Gasteiger partial charge in [0.05, 0.1) is 11.1 Å². The van der Waals surface area contributed by atoms with E-state index < -0.39 is 11.7 Å².